The first-order chi connectivity index (χ1) is 15.3. The number of nitrogens with zero attached hydrogens (tertiary/aromatic N) is 1. The molecule has 0 bridgehead atoms. The number of hydrogen-bond donors (Lipinski definition) is 2. The van der Waals surface area contributed by atoms with Crippen LogP contribution in [0.4, 0.5) is 10.1 Å². The molecule has 0 spiro atoms. The first-order valence-corrected chi connectivity index (χ1v) is 9.89. The molecule has 0 radical (unpaired) electrons. The first kappa shape index (κ1) is 21.4. The van der Waals surface area contributed by atoms with Gasteiger partial charge in [0.1, 0.15) is 23.1 Å². The van der Waals surface area contributed by atoms with E-state index in [0.29, 0.717) is 11.3 Å². The van der Waals surface area contributed by atoms with E-state index in [1.165, 1.54) is 72.7 Å². The number of methoxy groups -OCH3 is 1. The molecule has 8 heteroatoms. The molecule has 1 fully saturated rings. The van der Waals surface area contributed by atoms with Crippen LogP contribution in [0.15, 0.2) is 72.3 Å². The molecule has 1 amide bonds. The number of aliphatic hydroxyl groups is 1. The highest BCUT2D eigenvalue weighted by atomic mass is 35.5. The number of phenols is 1. The van der Waals surface area contributed by atoms with Crippen LogP contribution in [0.25, 0.3) is 5.76 Å². The van der Waals surface area contributed by atoms with E-state index in [1.807, 2.05) is 0 Å². The number of Topliss-reactive ketones (excluding diaryl/α,β-unsaturated/α-hetero) is 1. The SMILES string of the molecule is COc1ccc(Cl)c(/C(O)=C2\C(=O)C(=O)N(c3ccc(F)cc3)C2c2ccc(O)cc2)c1. The van der Waals surface area contributed by atoms with Gasteiger partial charge in [-0.3, -0.25) is 14.5 Å². The summed E-state index contributed by atoms with van der Waals surface area (Å²) in [7, 11) is 1.44. The van der Waals surface area contributed by atoms with Crippen molar-refractivity contribution in [2.45, 2.75) is 6.04 Å². The van der Waals surface area contributed by atoms with E-state index in [1.54, 1.807) is 6.07 Å². The number of halogens is 2. The molecule has 0 aromatic heterocycles. The predicted octanol–water partition coefficient (Wildman–Crippen LogP) is 4.82. The number of carbonyl (C=O) groups excluding carboxylic acids is 2. The van der Waals surface area contributed by atoms with Gasteiger partial charge in [-0.1, -0.05) is 23.7 Å². The monoisotopic (exact) mass is 453 g/mol. The smallest absolute Gasteiger partial charge is 0.300 e. The number of ketones is 1. The number of carbonyl (C=O) groups is 2. The molecule has 3 aromatic rings. The minimum absolute atomic E-state index is 0.0108. The average Bonchev–Trinajstić information content (AvgIpc) is 3.05. The van der Waals surface area contributed by atoms with Crippen molar-refractivity contribution in [1.29, 1.82) is 0 Å². The van der Waals surface area contributed by atoms with Gasteiger partial charge in [-0.15, -0.1) is 0 Å². The summed E-state index contributed by atoms with van der Waals surface area (Å²) in [4.78, 5) is 27.3. The fourth-order valence-electron chi connectivity index (χ4n) is 3.63. The normalized spacial score (nSPS) is 17.6. The quantitative estimate of drug-likeness (QED) is 0.336. The van der Waals surface area contributed by atoms with Crippen molar-refractivity contribution in [1.82, 2.24) is 0 Å². The average molecular weight is 454 g/mol. The molecule has 4 rings (SSSR count). The standard InChI is InChI=1S/C24H17ClFNO5/c1-32-17-10-11-19(25)18(12-17)22(29)20-21(13-2-8-16(28)9-3-13)27(24(31)23(20)30)15-6-4-14(26)5-7-15/h2-12,21,28-29H,1H3/b22-20+. The van der Waals surface area contributed by atoms with Crippen molar-refractivity contribution in [3.05, 3.63) is 94.3 Å². The highest BCUT2D eigenvalue weighted by molar-refractivity contribution is 6.52. The summed E-state index contributed by atoms with van der Waals surface area (Å²) >= 11 is 6.26. The molecule has 1 atom stereocenters. The maximum atomic E-state index is 13.5. The predicted molar refractivity (Wildman–Crippen MR) is 117 cm³/mol. The van der Waals surface area contributed by atoms with Crippen LogP contribution in [0, 0.1) is 5.82 Å². The second-order valence-electron chi connectivity index (χ2n) is 7.08. The summed E-state index contributed by atoms with van der Waals surface area (Å²) in [6, 6.07) is 14.4. The molecular weight excluding hydrogens is 437 g/mol. The van der Waals surface area contributed by atoms with Crippen molar-refractivity contribution in [2.24, 2.45) is 0 Å². The summed E-state index contributed by atoms with van der Waals surface area (Å²) in [6.07, 6.45) is 0. The number of phenolic OH excluding ortho intramolecular Hbond substituents is 1. The number of aliphatic hydroxyl groups excluding tert-OH is 1. The van der Waals surface area contributed by atoms with E-state index in [0.717, 1.165) is 0 Å². The van der Waals surface area contributed by atoms with Crippen molar-refractivity contribution >= 4 is 34.7 Å². The Morgan fingerprint density at radius 1 is 1.03 bits per heavy atom. The molecule has 1 aliphatic heterocycles. The maximum absolute atomic E-state index is 13.5. The Balaban J connectivity index is 1.96. The number of amides is 1. The zero-order valence-electron chi connectivity index (χ0n) is 16.8. The maximum Gasteiger partial charge on any atom is 0.300 e. The van der Waals surface area contributed by atoms with E-state index >= 15 is 0 Å². The third kappa shape index (κ3) is 3.67. The van der Waals surface area contributed by atoms with Gasteiger partial charge in [-0.2, -0.15) is 0 Å². The van der Waals surface area contributed by atoms with Crippen molar-refractivity contribution in [3.63, 3.8) is 0 Å². The molecule has 1 aliphatic rings. The molecule has 32 heavy (non-hydrogen) atoms. The van der Waals surface area contributed by atoms with Crippen LogP contribution in [-0.2, 0) is 9.59 Å². The van der Waals surface area contributed by atoms with Gasteiger partial charge >= 0.3 is 0 Å². The fourth-order valence-corrected chi connectivity index (χ4v) is 3.84. The summed E-state index contributed by atoms with van der Waals surface area (Å²) in [6.45, 7) is 0. The number of rotatable bonds is 4. The van der Waals surface area contributed by atoms with Gasteiger partial charge in [0, 0.05) is 11.3 Å². The molecule has 1 saturated heterocycles. The Hall–Kier alpha value is -3.84. The fraction of sp³-hybridized carbons (Fsp3) is 0.0833. The number of hydrogen-bond acceptors (Lipinski definition) is 5. The molecule has 6 nitrogen and oxygen atoms in total. The van der Waals surface area contributed by atoms with Crippen molar-refractivity contribution in [2.75, 3.05) is 12.0 Å². The highest BCUT2D eigenvalue weighted by Crippen LogP contribution is 2.43. The largest absolute Gasteiger partial charge is 0.508 e. The molecule has 2 N–H and O–H groups in total. The van der Waals surface area contributed by atoms with Gasteiger partial charge in [-0.25, -0.2) is 4.39 Å². The Labute approximate surface area is 187 Å². The van der Waals surface area contributed by atoms with Gasteiger partial charge in [0.2, 0.25) is 0 Å². The summed E-state index contributed by atoms with van der Waals surface area (Å²) in [5.74, 6) is -2.42. The lowest BCUT2D eigenvalue weighted by molar-refractivity contribution is -0.132. The lowest BCUT2D eigenvalue weighted by atomic mass is 9.95. The third-order valence-electron chi connectivity index (χ3n) is 5.19. The topological polar surface area (TPSA) is 87.1 Å². The summed E-state index contributed by atoms with van der Waals surface area (Å²) in [5, 5.41) is 21.0. The van der Waals surface area contributed by atoms with Crippen LogP contribution < -0.4 is 9.64 Å². The van der Waals surface area contributed by atoms with Gasteiger partial charge in [0.15, 0.2) is 0 Å². The molecule has 0 saturated carbocycles. The number of ether oxygens (including phenoxy) is 1. The van der Waals surface area contributed by atoms with Crippen LogP contribution in [-0.4, -0.2) is 29.0 Å². The van der Waals surface area contributed by atoms with Gasteiger partial charge in [-0.05, 0) is 60.2 Å². The van der Waals surface area contributed by atoms with E-state index in [-0.39, 0.29) is 27.6 Å². The number of aromatic hydroxyl groups is 1. The highest BCUT2D eigenvalue weighted by Gasteiger charge is 2.47. The van der Waals surface area contributed by atoms with Gasteiger partial charge in [0.25, 0.3) is 11.7 Å². The zero-order chi connectivity index (χ0) is 23.0. The van der Waals surface area contributed by atoms with Crippen molar-refractivity contribution < 1.29 is 28.9 Å². The van der Waals surface area contributed by atoms with E-state index in [9.17, 15) is 24.2 Å². The van der Waals surface area contributed by atoms with Crippen LogP contribution in [0.5, 0.6) is 11.5 Å². The lowest BCUT2D eigenvalue weighted by Gasteiger charge is -2.25. The second kappa shape index (κ2) is 8.36. The minimum atomic E-state index is -1.04. The molecule has 3 aromatic carbocycles. The second-order valence-corrected chi connectivity index (χ2v) is 7.49. The van der Waals surface area contributed by atoms with Crippen LogP contribution >= 0.6 is 11.6 Å². The van der Waals surface area contributed by atoms with Crippen LogP contribution in [0.1, 0.15) is 17.2 Å². The van der Waals surface area contributed by atoms with Crippen molar-refractivity contribution in [3.8, 4) is 11.5 Å². The minimum Gasteiger partial charge on any atom is -0.508 e. The lowest BCUT2D eigenvalue weighted by Crippen LogP contribution is -2.29. The van der Waals surface area contributed by atoms with E-state index in [4.69, 9.17) is 16.3 Å². The Morgan fingerprint density at radius 2 is 1.69 bits per heavy atom. The summed E-state index contributed by atoms with van der Waals surface area (Å²) in [5.41, 5.74) is 0.640. The third-order valence-corrected chi connectivity index (χ3v) is 5.52. The Bertz CT molecular complexity index is 1240. The zero-order valence-corrected chi connectivity index (χ0v) is 17.5. The Morgan fingerprint density at radius 3 is 2.31 bits per heavy atom. The molecule has 0 aliphatic carbocycles. The van der Waals surface area contributed by atoms with Gasteiger partial charge in [0.05, 0.1) is 23.7 Å². The number of benzene rings is 3. The molecular formula is C24H17ClFNO5. The van der Waals surface area contributed by atoms with Crippen LogP contribution in [0.2, 0.25) is 5.02 Å². The van der Waals surface area contributed by atoms with E-state index in [2.05, 4.69) is 0 Å². The molecule has 1 heterocycles. The molecule has 162 valence electrons. The number of anilines is 1. The van der Waals surface area contributed by atoms with E-state index < -0.39 is 29.3 Å². The first-order valence-electron chi connectivity index (χ1n) is 9.51. The Kier molecular flexibility index (Phi) is 5.59. The van der Waals surface area contributed by atoms with Crippen LogP contribution in [0.3, 0.4) is 0 Å². The van der Waals surface area contributed by atoms with Gasteiger partial charge < -0.3 is 14.9 Å². The summed E-state index contributed by atoms with van der Waals surface area (Å²) < 4.78 is 18.7. The molecule has 1 unspecified atom stereocenters.